The molecule has 3 aromatic rings. The first-order valence-corrected chi connectivity index (χ1v) is 8.50. The number of benzene rings is 1. The first-order valence-electron chi connectivity index (χ1n) is 6.89. The van der Waals surface area contributed by atoms with Crippen LogP contribution >= 0.6 is 27.3 Å². The van der Waals surface area contributed by atoms with Gasteiger partial charge in [0.05, 0.1) is 9.33 Å². The molecule has 118 valence electrons. The average Bonchev–Trinajstić information content (AvgIpc) is 3.03. The molecule has 1 amide bonds. The van der Waals surface area contributed by atoms with Gasteiger partial charge in [0.15, 0.2) is 4.96 Å². The Morgan fingerprint density at radius 1 is 1.35 bits per heavy atom. The number of hydrogen-bond acceptors (Lipinski definition) is 3. The Kier molecular flexibility index (Phi) is 3.28. The van der Waals surface area contributed by atoms with Gasteiger partial charge in [0.25, 0.3) is 5.91 Å². The van der Waals surface area contributed by atoms with E-state index in [1.54, 1.807) is 10.6 Å². The zero-order valence-corrected chi connectivity index (χ0v) is 14.0. The van der Waals surface area contributed by atoms with Gasteiger partial charge in [-0.05, 0) is 47.0 Å². The number of amides is 1. The van der Waals surface area contributed by atoms with Gasteiger partial charge in [0.2, 0.25) is 0 Å². The van der Waals surface area contributed by atoms with Crippen LogP contribution in [-0.4, -0.2) is 15.3 Å². The average molecular weight is 398 g/mol. The molecule has 0 saturated heterocycles. The normalized spacial score (nSPS) is 15.8. The van der Waals surface area contributed by atoms with Gasteiger partial charge < -0.3 is 5.32 Å². The maximum atomic E-state index is 14.0. The minimum atomic E-state index is -0.832. The summed E-state index contributed by atoms with van der Waals surface area (Å²) < 4.78 is 30.0. The van der Waals surface area contributed by atoms with Gasteiger partial charge in [-0.3, -0.25) is 9.20 Å². The van der Waals surface area contributed by atoms with Crippen LogP contribution in [0.5, 0.6) is 0 Å². The zero-order chi connectivity index (χ0) is 16.2. The zero-order valence-electron chi connectivity index (χ0n) is 11.6. The highest BCUT2D eigenvalue weighted by molar-refractivity contribution is 9.11. The standard InChI is InChI=1S/C15H10BrF2N3OS/c16-12-7-21-6-11(19-14(21)23-12)13(22)20-15(3-4-15)9-5-8(17)1-2-10(9)18/h1-2,5-7H,3-4H2,(H,20,22). The van der Waals surface area contributed by atoms with Crippen molar-refractivity contribution in [2.24, 2.45) is 0 Å². The Bertz CT molecular complexity index is 901. The first-order chi connectivity index (χ1) is 11.0. The minimum Gasteiger partial charge on any atom is -0.341 e. The largest absolute Gasteiger partial charge is 0.341 e. The number of nitrogens with zero attached hydrogens (tertiary/aromatic N) is 2. The van der Waals surface area contributed by atoms with Crippen LogP contribution in [0, 0.1) is 11.6 Å². The van der Waals surface area contributed by atoms with Gasteiger partial charge in [-0.1, -0.05) is 11.3 Å². The lowest BCUT2D eigenvalue weighted by molar-refractivity contribution is 0.0925. The lowest BCUT2D eigenvalue weighted by atomic mass is 10.0. The second-order valence-corrected chi connectivity index (χ2v) is 7.90. The molecular formula is C15H10BrF2N3OS. The Hall–Kier alpha value is -1.80. The van der Waals surface area contributed by atoms with Crippen molar-refractivity contribution in [3.05, 3.63) is 57.3 Å². The molecule has 1 aliphatic carbocycles. The van der Waals surface area contributed by atoms with E-state index in [1.165, 1.54) is 11.3 Å². The SMILES string of the molecule is O=C(NC1(c2cc(F)ccc2F)CC1)c1cn2cc(Br)sc2n1. The molecule has 1 aliphatic rings. The fraction of sp³-hybridized carbons (Fsp3) is 0.200. The summed E-state index contributed by atoms with van der Waals surface area (Å²) in [4.78, 5) is 17.3. The van der Waals surface area contributed by atoms with Crippen molar-refractivity contribution in [3.63, 3.8) is 0 Å². The van der Waals surface area contributed by atoms with E-state index in [-0.39, 0.29) is 11.3 Å². The fourth-order valence-electron chi connectivity index (χ4n) is 2.61. The highest BCUT2D eigenvalue weighted by Crippen LogP contribution is 2.46. The van der Waals surface area contributed by atoms with Crippen molar-refractivity contribution in [2.75, 3.05) is 0 Å². The third-order valence-electron chi connectivity index (χ3n) is 3.91. The number of thiazole rings is 1. The second kappa shape index (κ2) is 5.10. The summed E-state index contributed by atoms with van der Waals surface area (Å²) in [6, 6.07) is 3.30. The molecule has 1 fully saturated rings. The smallest absolute Gasteiger partial charge is 0.272 e. The van der Waals surface area contributed by atoms with Crippen LogP contribution in [0.25, 0.3) is 4.96 Å². The van der Waals surface area contributed by atoms with Gasteiger partial charge in [-0.25, -0.2) is 13.8 Å². The number of carbonyl (C=O) groups is 1. The van der Waals surface area contributed by atoms with E-state index >= 15 is 0 Å². The highest BCUT2D eigenvalue weighted by atomic mass is 79.9. The summed E-state index contributed by atoms with van der Waals surface area (Å²) >= 11 is 4.75. The lowest BCUT2D eigenvalue weighted by Crippen LogP contribution is -2.35. The molecule has 0 aliphatic heterocycles. The first kappa shape index (κ1) is 14.8. The third kappa shape index (κ3) is 2.55. The lowest BCUT2D eigenvalue weighted by Gasteiger charge is -2.18. The van der Waals surface area contributed by atoms with Crippen LogP contribution in [0.2, 0.25) is 0 Å². The number of rotatable bonds is 3. The summed E-state index contributed by atoms with van der Waals surface area (Å²) in [5, 5.41) is 2.80. The number of aromatic nitrogens is 2. The monoisotopic (exact) mass is 397 g/mol. The molecular weight excluding hydrogens is 388 g/mol. The predicted molar refractivity (Wildman–Crippen MR) is 85.5 cm³/mol. The van der Waals surface area contributed by atoms with E-state index in [0.717, 1.165) is 22.0 Å². The molecule has 2 heterocycles. The van der Waals surface area contributed by atoms with E-state index in [1.807, 2.05) is 6.20 Å². The molecule has 23 heavy (non-hydrogen) atoms. The number of fused-ring (bicyclic) bond motifs is 1. The van der Waals surface area contributed by atoms with Gasteiger partial charge in [-0.2, -0.15) is 0 Å². The molecule has 0 atom stereocenters. The van der Waals surface area contributed by atoms with Crippen molar-refractivity contribution in [2.45, 2.75) is 18.4 Å². The minimum absolute atomic E-state index is 0.189. The molecule has 0 radical (unpaired) electrons. The van der Waals surface area contributed by atoms with Crippen molar-refractivity contribution in [1.29, 1.82) is 0 Å². The summed E-state index contributed by atoms with van der Waals surface area (Å²) in [6.45, 7) is 0. The van der Waals surface area contributed by atoms with E-state index < -0.39 is 23.1 Å². The third-order valence-corrected chi connectivity index (χ3v) is 5.38. The van der Waals surface area contributed by atoms with Gasteiger partial charge in [0, 0.05) is 18.0 Å². The quantitative estimate of drug-likeness (QED) is 0.729. The molecule has 2 aromatic heterocycles. The number of nitrogens with one attached hydrogen (secondary N) is 1. The van der Waals surface area contributed by atoms with Crippen LogP contribution in [0.4, 0.5) is 8.78 Å². The number of carbonyl (C=O) groups excluding carboxylic acids is 1. The Morgan fingerprint density at radius 2 is 2.13 bits per heavy atom. The molecule has 1 aromatic carbocycles. The van der Waals surface area contributed by atoms with E-state index in [2.05, 4.69) is 26.2 Å². The van der Waals surface area contributed by atoms with Crippen molar-refractivity contribution in [3.8, 4) is 0 Å². The number of hydrogen-bond donors (Lipinski definition) is 1. The molecule has 0 spiro atoms. The van der Waals surface area contributed by atoms with E-state index in [4.69, 9.17) is 0 Å². The van der Waals surface area contributed by atoms with E-state index in [0.29, 0.717) is 17.8 Å². The maximum absolute atomic E-state index is 14.0. The Morgan fingerprint density at radius 3 is 2.83 bits per heavy atom. The molecule has 4 nitrogen and oxygen atoms in total. The maximum Gasteiger partial charge on any atom is 0.272 e. The van der Waals surface area contributed by atoms with Crippen molar-refractivity contribution >= 4 is 38.1 Å². The van der Waals surface area contributed by atoms with Crippen LogP contribution in [0.15, 0.2) is 34.4 Å². The van der Waals surface area contributed by atoms with Crippen LogP contribution in [0.1, 0.15) is 28.9 Å². The number of halogens is 3. The fourth-order valence-corrected chi connectivity index (χ4v) is 3.96. The molecule has 0 bridgehead atoms. The van der Waals surface area contributed by atoms with Crippen LogP contribution in [0.3, 0.4) is 0 Å². The summed E-state index contributed by atoms with van der Waals surface area (Å²) in [5.74, 6) is -1.42. The molecule has 1 N–H and O–H groups in total. The van der Waals surface area contributed by atoms with Gasteiger partial charge in [0.1, 0.15) is 17.3 Å². The predicted octanol–water partition coefficient (Wildman–Crippen LogP) is 3.86. The van der Waals surface area contributed by atoms with Gasteiger partial charge >= 0.3 is 0 Å². The summed E-state index contributed by atoms with van der Waals surface area (Å²) in [7, 11) is 0. The summed E-state index contributed by atoms with van der Waals surface area (Å²) in [6.07, 6.45) is 4.58. The van der Waals surface area contributed by atoms with Crippen molar-refractivity contribution in [1.82, 2.24) is 14.7 Å². The summed E-state index contributed by atoms with van der Waals surface area (Å²) in [5.41, 5.74) is -0.387. The molecule has 4 rings (SSSR count). The van der Waals surface area contributed by atoms with Gasteiger partial charge in [-0.15, -0.1) is 0 Å². The molecule has 0 unspecified atom stereocenters. The number of imidazole rings is 1. The highest BCUT2D eigenvalue weighted by Gasteiger charge is 2.48. The van der Waals surface area contributed by atoms with Crippen LogP contribution < -0.4 is 5.32 Å². The Balaban J connectivity index is 1.62. The van der Waals surface area contributed by atoms with Crippen molar-refractivity contribution < 1.29 is 13.6 Å². The second-order valence-electron chi connectivity index (χ2n) is 5.51. The molecule has 8 heteroatoms. The van der Waals surface area contributed by atoms with E-state index in [9.17, 15) is 13.6 Å². The van der Waals surface area contributed by atoms with Crippen LogP contribution in [-0.2, 0) is 5.54 Å². The molecule has 1 saturated carbocycles. The Labute approximate surface area is 142 Å². The topological polar surface area (TPSA) is 46.4 Å².